The first kappa shape index (κ1) is 46.3. The number of fused-ring (bicyclic) bond motifs is 2. The molecule has 68 heavy (non-hydrogen) atoms. The number of carbonyl (C=O) groups is 3. The van der Waals surface area contributed by atoms with Crippen molar-refractivity contribution in [2.45, 2.75) is 69.2 Å². The fourth-order valence-electron chi connectivity index (χ4n) is 9.47. The predicted octanol–water partition coefficient (Wildman–Crippen LogP) is 5.00. The first-order valence-electron chi connectivity index (χ1n) is 22.2. The first-order valence-corrected chi connectivity index (χ1v) is 23.6. The summed E-state index contributed by atoms with van der Waals surface area (Å²) in [5.74, 6) is -2.52. The van der Waals surface area contributed by atoms with Gasteiger partial charge >= 0.3 is 16.2 Å². The number of aromatic nitrogens is 4. The van der Waals surface area contributed by atoms with Crippen LogP contribution in [-0.2, 0) is 31.6 Å². The Bertz CT molecular complexity index is 3090. The highest BCUT2D eigenvalue weighted by Crippen LogP contribution is 2.42. The number of nitrogens with one attached hydrogen (secondary N) is 2. The number of ether oxygens (including phenoxy) is 2. The number of urea groups is 1. The highest BCUT2D eigenvalue weighted by Gasteiger charge is 2.46. The lowest BCUT2D eigenvalue weighted by molar-refractivity contribution is -0.139. The number of likely N-dealkylation sites (tertiary alicyclic amines) is 1. The number of imide groups is 1. The smallest absolute Gasteiger partial charge is 0.329 e. The van der Waals surface area contributed by atoms with Crippen LogP contribution < -0.4 is 30.1 Å². The van der Waals surface area contributed by atoms with Crippen molar-refractivity contribution < 1.29 is 45.4 Å². The van der Waals surface area contributed by atoms with Crippen LogP contribution in [0, 0.1) is 23.0 Å². The van der Waals surface area contributed by atoms with E-state index in [1.165, 1.54) is 51.8 Å². The topological polar surface area (TPSA) is 217 Å². The summed E-state index contributed by atoms with van der Waals surface area (Å²) in [6.07, 6.45) is 2.59. The van der Waals surface area contributed by atoms with Gasteiger partial charge in [-0.15, -0.1) is 0 Å². The summed E-state index contributed by atoms with van der Waals surface area (Å²) in [4.78, 5) is 60.9. The molecule has 23 heteroatoms. The second-order valence-electron chi connectivity index (χ2n) is 17.7. The number of hydrogen-bond donors (Lipinski definition) is 2. The molecule has 9 rings (SSSR count). The van der Waals surface area contributed by atoms with Gasteiger partial charge in [0.2, 0.25) is 11.8 Å². The molecule has 19 nitrogen and oxygen atoms in total. The standard InChI is InChI=1S/C45H48F3N11O8S/c1-4-54(2)68(64,65)53-35-8-6-32(46)40(31(35)24-49)67-28-5-7-34-29(19-28)42(62)59(26-50-34)27-22-45(66-25-27)12-17-57(18-13-45)39(61)23-44(48)10-15-56(16-11-44)37-21-36-30(20-33(37)47)41(52-55(36)3)58-14-9-38(60)51-43(58)63/h5-8,19-21,26-27,53H,4,9-18,22-23,25H2,1-3H3,(H,51,60,63)/t27-/m1/s1. The van der Waals surface area contributed by atoms with Gasteiger partial charge < -0.3 is 19.3 Å². The van der Waals surface area contributed by atoms with Crippen molar-refractivity contribution in [1.29, 1.82) is 5.26 Å². The SMILES string of the molecule is CCN(C)S(=O)(=O)Nc1ccc(F)c(Oc2ccc3ncn([C@H]4COC5(CCN(C(=O)CC6(F)CCN(c7cc8c(cc7F)c(N7CCC(=O)NC7=O)nn8C)CC6)CC5)C4)c(=O)c3c2)c1C#N. The Morgan fingerprint density at radius 1 is 1.03 bits per heavy atom. The molecule has 4 aliphatic heterocycles. The van der Waals surface area contributed by atoms with E-state index in [1.54, 1.807) is 29.8 Å². The van der Waals surface area contributed by atoms with Gasteiger partial charge in [0.15, 0.2) is 17.4 Å². The second kappa shape index (κ2) is 17.7. The molecule has 4 saturated heterocycles. The Kier molecular flexibility index (Phi) is 12.1. The molecule has 5 aromatic rings. The molecule has 1 atom stereocenters. The van der Waals surface area contributed by atoms with E-state index in [-0.39, 0.29) is 92.7 Å². The Labute approximate surface area is 388 Å². The van der Waals surface area contributed by atoms with Crippen molar-refractivity contribution in [3.05, 3.63) is 76.3 Å². The number of amides is 4. The molecule has 4 amide bonds. The average Bonchev–Trinajstić information content (AvgIpc) is 3.86. The molecule has 2 N–H and O–H groups in total. The molecule has 0 unspecified atom stereocenters. The van der Waals surface area contributed by atoms with Crippen LogP contribution in [0.3, 0.4) is 0 Å². The lowest BCUT2D eigenvalue weighted by Crippen LogP contribution is -2.49. The molecule has 358 valence electrons. The average molecular weight is 960 g/mol. The van der Waals surface area contributed by atoms with Crippen molar-refractivity contribution in [3.63, 3.8) is 0 Å². The van der Waals surface area contributed by atoms with Gasteiger partial charge in [0.1, 0.15) is 28.9 Å². The molecule has 0 aliphatic carbocycles. The molecule has 1 spiro atoms. The zero-order valence-electron chi connectivity index (χ0n) is 37.4. The van der Waals surface area contributed by atoms with Gasteiger partial charge in [0, 0.05) is 65.2 Å². The van der Waals surface area contributed by atoms with E-state index in [1.807, 2.05) is 6.07 Å². The van der Waals surface area contributed by atoms with Crippen LogP contribution >= 0.6 is 0 Å². The summed E-state index contributed by atoms with van der Waals surface area (Å²) in [5, 5.41) is 17.1. The Morgan fingerprint density at radius 2 is 1.78 bits per heavy atom. The van der Waals surface area contributed by atoms with Crippen LogP contribution in [0.1, 0.15) is 63.5 Å². The molecule has 2 aromatic heterocycles. The number of rotatable bonds is 11. The molecule has 3 aromatic carbocycles. The Balaban J connectivity index is 0.813. The molecular weight excluding hydrogens is 912 g/mol. The van der Waals surface area contributed by atoms with Crippen molar-refractivity contribution >= 4 is 67.1 Å². The highest BCUT2D eigenvalue weighted by molar-refractivity contribution is 7.90. The highest BCUT2D eigenvalue weighted by atomic mass is 32.2. The maximum absolute atomic E-state index is 16.4. The summed E-state index contributed by atoms with van der Waals surface area (Å²) >= 11 is 0. The number of aryl methyl sites for hydroxylation is 1. The van der Waals surface area contributed by atoms with Crippen molar-refractivity contribution in [3.8, 4) is 17.6 Å². The van der Waals surface area contributed by atoms with Crippen LogP contribution in [-0.4, -0.2) is 119 Å². The largest absolute Gasteiger partial charge is 0.453 e. The molecular formula is C45H48F3N11O8S. The molecule has 0 radical (unpaired) electrons. The van der Waals surface area contributed by atoms with Gasteiger partial charge in [-0.1, -0.05) is 6.92 Å². The third-order valence-electron chi connectivity index (χ3n) is 13.6. The minimum absolute atomic E-state index is 0.00524. The fourth-order valence-corrected chi connectivity index (χ4v) is 10.4. The van der Waals surface area contributed by atoms with Gasteiger partial charge in [0.25, 0.3) is 5.56 Å². The van der Waals surface area contributed by atoms with E-state index in [0.29, 0.717) is 48.8 Å². The minimum atomic E-state index is -4.05. The van der Waals surface area contributed by atoms with Crippen molar-refractivity contribution in [2.75, 3.05) is 67.4 Å². The number of nitriles is 1. The van der Waals surface area contributed by atoms with Crippen LogP contribution in [0.15, 0.2) is 53.6 Å². The summed E-state index contributed by atoms with van der Waals surface area (Å²) < 4.78 is 91.0. The molecule has 0 bridgehead atoms. The number of nitrogens with zero attached hydrogens (tertiary/aromatic N) is 9. The van der Waals surface area contributed by atoms with E-state index in [9.17, 15) is 32.9 Å². The van der Waals surface area contributed by atoms with Crippen LogP contribution in [0.25, 0.3) is 21.8 Å². The first-order chi connectivity index (χ1) is 32.4. The van der Waals surface area contributed by atoms with Crippen LogP contribution in [0.2, 0.25) is 0 Å². The van der Waals surface area contributed by atoms with Gasteiger partial charge in [-0.2, -0.15) is 23.1 Å². The lowest BCUT2D eigenvalue weighted by atomic mass is 9.86. The second-order valence-corrected chi connectivity index (χ2v) is 19.5. The third-order valence-corrected chi connectivity index (χ3v) is 15.1. The van der Waals surface area contributed by atoms with Crippen LogP contribution in [0.5, 0.6) is 11.5 Å². The van der Waals surface area contributed by atoms with E-state index in [2.05, 4.69) is 20.1 Å². The van der Waals surface area contributed by atoms with Gasteiger partial charge in [0.05, 0.1) is 58.8 Å². The van der Waals surface area contributed by atoms with Gasteiger partial charge in [-0.05, 0) is 74.6 Å². The number of halogens is 3. The summed E-state index contributed by atoms with van der Waals surface area (Å²) in [5.41, 5.74) is -2.30. The minimum Gasteiger partial charge on any atom is -0.453 e. The molecule has 4 fully saturated rings. The maximum atomic E-state index is 16.4. The van der Waals surface area contributed by atoms with Crippen molar-refractivity contribution in [1.82, 2.24) is 33.9 Å². The van der Waals surface area contributed by atoms with E-state index >= 15 is 13.2 Å². The predicted molar refractivity (Wildman–Crippen MR) is 242 cm³/mol. The number of alkyl halides is 1. The van der Waals surface area contributed by atoms with E-state index in [0.717, 1.165) is 16.4 Å². The fraction of sp³-hybridized carbons (Fsp3) is 0.444. The normalized spacial score (nSPS) is 19.5. The third kappa shape index (κ3) is 8.67. The van der Waals surface area contributed by atoms with E-state index < -0.39 is 68.0 Å². The Hall–Kier alpha value is -6.77. The maximum Gasteiger partial charge on any atom is 0.329 e. The van der Waals surface area contributed by atoms with Gasteiger partial charge in [-0.3, -0.25) is 38.6 Å². The number of anilines is 3. The molecule has 0 saturated carbocycles. The molecule has 6 heterocycles. The summed E-state index contributed by atoms with van der Waals surface area (Å²) in [6, 6.07) is 10.1. The number of piperidine rings is 2. The number of hydrogen-bond acceptors (Lipinski definition) is 12. The Morgan fingerprint density at radius 3 is 2.49 bits per heavy atom. The van der Waals surface area contributed by atoms with Crippen molar-refractivity contribution in [2.24, 2.45) is 7.05 Å². The molecule has 4 aliphatic rings. The number of carbonyl (C=O) groups excluding carboxylic acids is 3. The zero-order chi connectivity index (χ0) is 48.3. The quantitative estimate of drug-likeness (QED) is 0.179. The van der Waals surface area contributed by atoms with Crippen LogP contribution in [0.4, 0.5) is 35.2 Å². The summed E-state index contributed by atoms with van der Waals surface area (Å²) in [6.45, 7) is 3.05. The van der Waals surface area contributed by atoms with Gasteiger partial charge in [-0.25, -0.2) is 22.9 Å². The number of benzene rings is 3. The lowest BCUT2D eigenvalue weighted by Gasteiger charge is -2.41. The monoisotopic (exact) mass is 959 g/mol. The van der Waals surface area contributed by atoms with E-state index in [4.69, 9.17) is 9.47 Å². The zero-order valence-corrected chi connectivity index (χ0v) is 38.2. The summed E-state index contributed by atoms with van der Waals surface area (Å²) in [7, 11) is -1.05.